The van der Waals surface area contributed by atoms with E-state index in [0.717, 1.165) is 0 Å². The zero-order chi connectivity index (χ0) is 13.0. The monoisotopic (exact) mass is 244 g/mol. The first-order valence-corrected chi connectivity index (χ1v) is 4.97. The molecule has 0 spiro atoms. The molecule has 0 radical (unpaired) electrons. The first-order chi connectivity index (χ1) is 8.04. The fraction of sp³-hybridized carbons (Fsp3) is 0.455. The summed E-state index contributed by atoms with van der Waals surface area (Å²) in [7, 11) is 2.71. The maximum absolute atomic E-state index is 9.72. The Bertz CT molecular complexity index is 353. The molecule has 1 rings (SSSR count). The summed E-state index contributed by atoms with van der Waals surface area (Å²) in [5, 5.41) is 37.4. The quantitative estimate of drug-likeness (QED) is 0.572. The summed E-state index contributed by atoms with van der Waals surface area (Å²) in [6.07, 6.45) is -2.60. The van der Waals surface area contributed by atoms with E-state index in [0.29, 0.717) is 0 Å². The fourth-order valence-electron chi connectivity index (χ4n) is 1.41. The van der Waals surface area contributed by atoms with Gasteiger partial charge >= 0.3 is 0 Å². The summed E-state index contributed by atoms with van der Waals surface area (Å²) in [5.41, 5.74) is 0.276. The summed E-state index contributed by atoms with van der Waals surface area (Å²) in [6, 6.07) is 2.72. The van der Waals surface area contributed by atoms with Crippen molar-refractivity contribution in [1.82, 2.24) is 0 Å². The van der Waals surface area contributed by atoms with E-state index in [1.165, 1.54) is 26.4 Å². The molecule has 0 aliphatic carbocycles. The predicted molar refractivity (Wildman–Crippen MR) is 59.3 cm³/mol. The number of hydrogen-bond acceptors (Lipinski definition) is 6. The molecule has 1 aromatic carbocycles. The number of hydrogen-bond donors (Lipinski definition) is 4. The molecule has 0 aromatic heterocycles. The number of methoxy groups -OCH3 is 2. The largest absolute Gasteiger partial charge is 0.502 e. The van der Waals surface area contributed by atoms with Crippen molar-refractivity contribution in [1.29, 1.82) is 0 Å². The van der Waals surface area contributed by atoms with Crippen molar-refractivity contribution in [3.63, 3.8) is 0 Å². The van der Waals surface area contributed by atoms with Crippen LogP contribution in [0.15, 0.2) is 12.1 Å². The van der Waals surface area contributed by atoms with Gasteiger partial charge in [-0.1, -0.05) is 0 Å². The highest BCUT2D eigenvalue weighted by atomic mass is 16.5. The van der Waals surface area contributed by atoms with Gasteiger partial charge in [-0.3, -0.25) is 0 Å². The SMILES string of the molecule is COc1cc([C@H](O)[C@H](O)CO)cc(OC)c1O. The van der Waals surface area contributed by atoms with Gasteiger partial charge in [0.25, 0.3) is 0 Å². The molecule has 17 heavy (non-hydrogen) atoms. The van der Waals surface area contributed by atoms with Crippen LogP contribution in [-0.4, -0.2) is 47.4 Å². The van der Waals surface area contributed by atoms with Crippen LogP contribution >= 0.6 is 0 Å². The molecule has 6 nitrogen and oxygen atoms in total. The van der Waals surface area contributed by atoms with Gasteiger partial charge in [-0.2, -0.15) is 0 Å². The maximum atomic E-state index is 9.72. The Hall–Kier alpha value is -1.50. The topological polar surface area (TPSA) is 99.4 Å². The molecule has 4 N–H and O–H groups in total. The van der Waals surface area contributed by atoms with E-state index in [2.05, 4.69) is 0 Å². The van der Waals surface area contributed by atoms with E-state index in [9.17, 15) is 15.3 Å². The Balaban J connectivity index is 3.17. The highest BCUT2D eigenvalue weighted by Crippen LogP contribution is 2.39. The molecule has 0 unspecified atom stereocenters. The molecule has 0 aliphatic rings. The van der Waals surface area contributed by atoms with Crippen molar-refractivity contribution >= 4 is 0 Å². The Kier molecular flexibility index (Phi) is 4.56. The third-order valence-electron chi connectivity index (χ3n) is 2.40. The van der Waals surface area contributed by atoms with Crippen LogP contribution in [0.5, 0.6) is 17.2 Å². The molecular weight excluding hydrogens is 228 g/mol. The van der Waals surface area contributed by atoms with Crippen molar-refractivity contribution < 1.29 is 29.9 Å². The van der Waals surface area contributed by atoms with Gasteiger partial charge in [-0.25, -0.2) is 0 Å². The third kappa shape index (κ3) is 2.79. The van der Waals surface area contributed by atoms with Crippen LogP contribution in [-0.2, 0) is 0 Å². The van der Waals surface area contributed by atoms with Crippen molar-refractivity contribution in [3.05, 3.63) is 17.7 Å². The van der Waals surface area contributed by atoms with Gasteiger partial charge in [0.05, 0.1) is 20.8 Å². The first kappa shape index (κ1) is 13.6. The number of rotatable bonds is 5. The van der Waals surface area contributed by atoms with Crippen LogP contribution < -0.4 is 9.47 Å². The van der Waals surface area contributed by atoms with Gasteiger partial charge < -0.3 is 29.9 Å². The van der Waals surface area contributed by atoms with Crippen molar-refractivity contribution in [2.24, 2.45) is 0 Å². The smallest absolute Gasteiger partial charge is 0.200 e. The molecule has 0 amide bonds. The minimum absolute atomic E-state index is 0.114. The summed E-state index contributed by atoms with van der Waals surface area (Å²) in [4.78, 5) is 0. The van der Waals surface area contributed by atoms with Crippen molar-refractivity contribution in [2.75, 3.05) is 20.8 Å². The van der Waals surface area contributed by atoms with Crippen molar-refractivity contribution in [3.8, 4) is 17.2 Å². The molecule has 0 saturated heterocycles. The van der Waals surface area contributed by atoms with Crippen LogP contribution in [0.4, 0.5) is 0 Å². The molecule has 0 saturated carbocycles. The molecule has 6 heteroatoms. The minimum Gasteiger partial charge on any atom is -0.502 e. The second kappa shape index (κ2) is 5.72. The maximum Gasteiger partial charge on any atom is 0.200 e. The predicted octanol–water partition coefficient (Wildman–Crippen LogP) is -0.204. The molecule has 1 aromatic rings. The summed E-state index contributed by atoms with van der Waals surface area (Å²) < 4.78 is 9.81. The molecule has 0 aliphatic heterocycles. The average Bonchev–Trinajstić information content (AvgIpc) is 2.37. The van der Waals surface area contributed by atoms with Crippen LogP contribution in [0.1, 0.15) is 11.7 Å². The second-order valence-electron chi connectivity index (χ2n) is 3.47. The van der Waals surface area contributed by atoms with Gasteiger partial charge in [0.15, 0.2) is 11.5 Å². The lowest BCUT2D eigenvalue weighted by Gasteiger charge is -2.18. The third-order valence-corrected chi connectivity index (χ3v) is 2.40. The zero-order valence-corrected chi connectivity index (χ0v) is 9.62. The van der Waals surface area contributed by atoms with E-state index < -0.39 is 18.8 Å². The summed E-state index contributed by atoms with van der Waals surface area (Å²) >= 11 is 0. The lowest BCUT2D eigenvalue weighted by molar-refractivity contribution is -0.0154. The normalized spacial score (nSPS) is 14.2. The highest BCUT2D eigenvalue weighted by Gasteiger charge is 2.21. The standard InChI is InChI=1S/C11H16O6/c1-16-8-3-6(10(14)7(13)5-12)4-9(17-2)11(8)15/h3-4,7,10,12-15H,5H2,1-2H3/t7-,10+/m1/s1. The number of benzene rings is 1. The number of aliphatic hydroxyl groups excluding tert-OH is 3. The average molecular weight is 244 g/mol. The Labute approximate surface area is 98.7 Å². The van der Waals surface area contributed by atoms with E-state index in [1.54, 1.807) is 0 Å². The lowest BCUT2D eigenvalue weighted by atomic mass is 10.0. The van der Waals surface area contributed by atoms with Gasteiger partial charge in [0.1, 0.15) is 12.2 Å². The molecule has 2 atom stereocenters. The van der Waals surface area contributed by atoms with Gasteiger partial charge in [0, 0.05) is 0 Å². The Morgan fingerprint density at radius 3 is 1.94 bits per heavy atom. The van der Waals surface area contributed by atoms with E-state index in [-0.39, 0.29) is 22.8 Å². The van der Waals surface area contributed by atoms with Gasteiger partial charge in [0.2, 0.25) is 5.75 Å². The summed E-state index contributed by atoms with van der Waals surface area (Å²) in [5.74, 6) is 0.0384. The van der Waals surface area contributed by atoms with Crippen LogP contribution in [0.3, 0.4) is 0 Å². The van der Waals surface area contributed by atoms with E-state index in [4.69, 9.17) is 14.6 Å². The number of aromatic hydroxyl groups is 1. The zero-order valence-electron chi connectivity index (χ0n) is 9.62. The Morgan fingerprint density at radius 1 is 1.12 bits per heavy atom. The van der Waals surface area contributed by atoms with E-state index >= 15 is 0 Å². The molecule has 0 heterocycles. The molecule has 96 valence electrons. The van der Waals surface area contributed by atoms with Crippen LogP contribution in [0.2, 0.25) is 0 Å². The fourth-order valence-corrected chi connectivity index (χ4v) is 1.41. The van der Waals surface area contributed by atoms with E-state index in [1.807, 2.05) is 0 Å². The van der Waals surface area contributed by atoms with Crippen LogP contribution in [0.25, 0.3) is 0 Å². The lowest BCUT2D eigenvalue weighted by Crippen LogP contribution is -2.22. The first-order valence-electron chi connectivity index (χ1n) is 4.97. The molecular formula is C11H16O6. The number of phenolic OH excluding ortho intramolecular Hbond substituents is 1. The van der Waals surface area contributed by atoms with Crippen molar-refractivity contribution in [2.45, 2.75) is 12.2 Å². The van der Waals surface area contributed by atoms with Gasteiger partial charge in [-0.15, -0.1) is 0 Å². The Morgan fingerprint density at radius 2 is 1.59 bits per heavy atom. The summed E-state index contributed by atoms with van der Waals surface area (Å²) in [6.45, 7) is -0.577. The molecule has 0 bridgehead atoms. The van der Waals surface area contributed by atoms with Crippen LogP contribution in [0, 0.1) is 0 Å². The minimum atomic E-state index is -1.31. The number of phenols is 1. The molecule has 0 fully saturated rings. The second-order valence-corrected chi connectivity index (χ2v) is 3.47. The highest BCUT2D eigenvalue weighted by molar-refractivity contribution is 5.53. The number of ether oxygens (including phenoxy) is 2. The van der Waals surface area contributed by atoms with Gasteiger partial charge in [-0.05, 0) is 17.7 Å². The number of aliphatic hydroxyl groups is 3.